The molecule has 2 aromatic rings. The second kappa shape index (κ2) is 5.07. The standard InChI is InChI=1S/C12H10FN3O2S/c13-7-3-1-2-6(4-7)9-5-8(10(14)17)11(19-9)16-12(15)18/h1-5H,(H2,14,17)(H3,15,16,18). The van der Waals surface area contributed by atoms with Gasteiger partial charge in [-0.05, 0) is 23.8 Å². The van der Waals surface area contributed by atoms with Crippen LogP contribution >= 0.6 is 11.3 Å². The van der Waals surface area contributed by atoms with Crippen LogP contribution in [0, 0.1) is 5.82 Å². The lowest BCUT2D eigenvalue weighted by Gasteiger charge is -1.99. The molecule has 1 aromatic heterocycles. The molecule has 0 aliphatic carbocycles. The Morgan fingerprint density at radius 1 is 1.21 bits per heavy atom. The van der Waals surface area contributed by atoms with Crippen LogP contribution in [-0.2, 0) is 0 Å². The Bertz CT molecular complexity index is 654. The summed E-state index contributed by atoms with van der Waals surface area (Å²) in [5, 5.41) is 2.57. The fourth-order valence-electron chi connectivity index (χ4n) is 1.56. The molecule has 5 N–H and O–H groups in total. The van der Waals surface area contributed by atoms with Crippen LogP contribution in [0.1, 0.15) is 10.4 Å². The van der Waals surface area contributed by atoms with Crippen molar-refractivity contribution in [3.63, 3.8) is 0 Å². The zero-order chi connectivity index (χ0) is 14.0. The smallest absolute Gasteiger partial charge is 0.317 e. The van der Waals surface area contributed by atoms with Crippen LogP contribution in [0.5, 0.6) is 0 Å². The van der Waals surface area contributed by atoms with Gasteiger partial charge in [0.25, 0.3) is 5.91 Å². The lowest BCUT2D eigenvalue weighted by molar-refractivity contribution is 0.100. The summed E-state index contributed by atoms with van der Waals surface area (Å²) in [5.41, 5.74) is 11.0. The van der Waals surface area contributed by atoms with E-state index in [1.54, 1.807) is 12.1 Å². The molecule has 0 spiro atoms. The van der Waals surface area contributed by atoms with Crippen LogP contribution in [0.2, 0.25) is 0 Å². The van der Waals surface area contributed by atoms with Crippen molar-refractivity contribution in [2.24, 2.45) is 11.5 Å². The minimum atomic E-state index is -0.796. The summed E-state index contributed by atoms with van der Waals surface area (Å²) >= 11 is 1.10. The van der Waals surface area contributed by atoms with Gasteiger partial charge in [-0.2, -0.15) is 0 Å². The lowest BCUT2D eigenvalue weighted by atomic mass is 10.1. The number of thiophene rings is 1. The number of carbonyl (C=O) groups excluding carboxylic acids is 2. The van der Waals surface area contributed by atoms with Crippen molar-refractivity contribution >= 4 is 28.3 Å². The Morgan fingerprint density at radius 2 is 1.95 bits per heavy atom. The van der Waals surface area contributed by atoms with Crippen LogP contribution in [0.3, 0.4) is 0 Å². The second-order valence-electron chi connectivity index (χ2n) is 3.72. The Balaban J connectivity index is 2.48. The molecule has 98 valence electrons. The molecule has 0 radical (unpaired) electrons. The van der Waals surface area contributed by atoms with E-state index < -0.39 is 17.8 Å². The molecule has 0 fully saturated rings. The number of anilines is 1. The number of urea groups is 1. The number of hydrogen-bond donors (Lipinski definition) is 3. The summed E-state index contributed by atoms with van der Waals surface area (Å²) in [4.78, 5) is 22.7. The maximum absolute atomic E-state index is 13.2. The SMILES string of the molecule is NC(=O)Nc1sc(-c2cccc(F)c2)cc1C(N)=O. The summed E-state index contributed by atoms with van der Waals surface area (Å²) in [5.74, 6) is -1.08. The third-order valence-electron chi connectivity index (χ3n) is 2.34. The molecule has 3 amide bonds. The maximum atomic E-state index is 13.2. The Labute approximate surface area is 112 Å². The predicted octanol–water partition coefficient (Wildman–Crippen LogP) is 2.14. The number of nitrogens with one attached hydrogen (secondary N) is 1. The number of hydrogen-bond acceptors (Lipinski definition) is 3. The van der Waals surface area contributed by atoms with E-state index >= 15 is 0 Å². The van der Waals surface area contributed by atoms with Crippen LogP contribution in [0.25, 0.3) is 10.4 Å². The van der Waals surface area contributed by atoms with Gasteiger partial charge in [0, 0.05) is 4.88 Å². The number of nitrogens with two attached hydrogens (primary N) is 2. The van der Waals surface area contributed by atoms with E-state index in [2.05, 4.69) is 5.32 Å². The van der Waals surface area contributed by atoms with Crippen LogP contribution < -0.4 is 16.8 Å². The molecule has 0 bridgehead atoms. The van der Waals surface area contributed by atoms with Crippen LogP contribution in [-0.4, -0.2) is 11.9 Å². The van der Waals surface area contributed by atoms with E-state index in [1.165, 1.54) is 18.2 Å². The van der Waals surface area contributed by atoms with Crippen molar-refractivity contribution in [3.8, 4) is 10.4 Å². The largest absolute Gasteiger partial charge is 0.366 e. The third-order valence-corrected chi connectivity index (χ3v) is 3.44. The fourth-order valence-corrected chi connectivity index (χ4v) is 2.63. The first-order valence-electron chi connectivity index (χ1n) is 5.23. The molecule has 1 aromatic carbocycles. The van der Waals surface area contributed by atoms with Gasteiger partial charge in [0.1, 0.15) is 10.8 Å². The van der Waals surface area contributed by atoms with Crippen LogP contribution in [0.15, 0.2) is 30.3 Å². The molecule has 1 heterocycles. The summed E-state index contributed by atoms with van der Waals surface area (Å²) < 4.78 is 13.2. The van der Waals surface area contributed by atoms with Crippen molar-refractivity contribution in [1.29, 1.82) is 0 Å². The molecule has 0 atom stereocenters. The number of primary amides is 2. The molecule has 7 heteroatoms. The van der Waals surface area contributed by atoms with Gasteiger partial charge in [-0.1, -0.05) is 12.1 Å². The van der Waals surface area contributed by atoms with E-state index in [4.69, 9.17) is 11.5 Å². The highest BCUT2D eigenvalue weighted by Gasteiger charge is 2.16. The topological polar surface area (TPSA) is 98.2 Å². The average molecular weight is 279 g/mol. The highest BCUT2D eigenvalue weighted by molar-refractivity contribution is 7.20. The van der Waals surface area contributed by atoms with Gasteiger partial charge in [-0.15, -0.1) is 11.3 Å². The van der Waals surface area contributed by atoms with Crippen LogP contribution in [0.4, 0.5) is 14.2 Å². The van der Waals surface area contributed by atoms with Gasteiger partial charge in [-0.25, -0.2) is 9.18 Å². The first-order chi connectivity index (χ1) is 8.97. The monoisotopic (exact) mass is 279 g/mol. The molecular formula is C12H10FN3O2S. The fraction of sp³-hybridized carbons (Fsp3) is 0. The molecule has 0 unspecified atom stereocenters. The lowest BCUT2D eigenvalue weighted by Crippen LogP contribution is -2.21. The van der Waals surface area contributed by atoms with Gasteiger partial charge in [0.2, 0.25) is 0 Å². The second-order valence-corrected chi connectivity index (χ2v) is 4.77. The highest BCUT2D eigenvalue weighted by Crippen LogP contribution is 2.35. The number of carbonyl (C=O) groups is 2. The Hall–Kier alpha value is -2.41. The van der Waals surface area contributed by atoms with Crippen molar-refractivity contribution in [2.75, 3.05) is 5.32 Å². The number of halogens is 1. The van der Waals surface area contributed by atoms with Gasteiger partial charge in [0.05, 0.1) is 5.56 Å². The van der Waals surface area contributed by atoms with Gasteiger partial charge >= 0.3 is 6.03 Å². The third kappa shape index (κ3) is 2.89. The van der Waals surface area contributed by atoms with Crippen molar-refractivity contribution < 1.29 is 14.0 Å². The Kier molecular flexibility index (Phi) is 3.48. The maximum Gasteiger partial charge on any atom is 0.317 e. The number of benzene rings is 1. The molecule has 19 heavy (non-hydrogen) atoms. The minimum absolute atomic E-state index is 0.142. The Morgan fingerprint density at radius 3 is 2.53 bits per heavy atom. The molecule has 5 nitrogen and oxygen atoms in total. The van der Waals surface area contributed by atoms with E-state index in [9.17, 15) is 14.0 Å². The van der Waals surface area contributed by atoms with Crippen molar-refractivity contribution in [3.05, 3.63) is 41.7 Å². The van der Waals surface area contributed by atoms with Crippen molar-refractivity contribution in [1.82, 2.24) is 0 Å². The van der Waals surface area contributed by atoms with Gasteiger partial charge < -0.3 is 11.5 Å². The zero-order valence-corrected chi connectivity index (χ0v) is 10.5. The van der Waals surface area contributed by atoms with Gasteiger partial charge in [0.15, 0.2) is 0 Å². The average Bonchev–Trinajstić information content (AvgIpc) is 2.72. The first-order valence-corrected chi connectivity index (χ1v) is 6.05. The van der Waals surface area contributed by atoms with E-state index in [1.807, 2.05) is 0 Å². The minimum Gasteiger partial charge on any atom is -0.366 e. The van der Waals surface area contributed by atoms with Crippen molar-refractivity contribution in [2.45, 2.75) is 0 Å². The summed E-state index contributed by atoms with van der Waals surface area (Å²) in [7, 11) is 0. The zero-order valence-electron chi connectivity index (χ0n) is 9.64. The quantitative estimate of drug-likeness (QED) is 0.802. The molecule has 0 saturated heterocycles. The number of amides is 3. The van der Waals surface area contributed by atoms with Gasteiger partial charge in [-0.3, -0.25) is 10.1 Å². The summed E-state index contributed by atoms with van der Waals surface area (Å²) in [6, 6.07) is 6.57. The van der Waals surface area contributed by atoms with E-state index in [-0.39, 0.29) is 10.6 Å². The summed E-state index contributed by atoms with van der Waals surface area (Å²) in [6.07, 6.45) is 0. The molecule has 0 aliphatic heterocycles. The summed E-state index contributed by atoms with van der Waals surface area (Å²) in [6.45, 7) is 0. The molecule has 2 rings (SSSR count). The number of rotatable bonds is 3. The van der Waals surface area contributed by atoms with E-state index in [0.29, 0.717) is 10.4 Å². The molecule has 0 aliphatic rings. The normalized spacial score (nSPS) is 10.2. The molecule has 0 saturated carbocycles. The molecular weight excluding hydrogens is 269 g/mol. The first kappa shape index (κ1) is 13.0. The highest BCUT2D eigenvalue weighted by atomic mass is 32.1. The predicted molar refractivity (Wildman–Crippen MR) is 71.4 cm³/mol. The van der Waals surface area contributed by atoms with E-state index in [0.717, 1.165) is 11.3 Å².